The number of sulfone groups is 1. The number of rotatable bonds is 7. The quantitative estimate of drug-likeness (QED) is 0.763. The van der Waals surface area contributed by atoms with Crippen LogP contribution in [0.3, 0.4) is 0 Å². The third kappa shape index (κ3) is 5.06. The molecule has 0 radical (unpaired) electrons. The van der Waals surface area contributed by atoms with E-state index >= 15 is 0 Å². The van der Waals surface area contributed by atoms with Crippen molar-refractivity contribution in [3.8, 4) is 0 Å². The fourth-order valence-corrected chi connectivity index (χ4v) is 2.60. The van der Waals surface area contributed by atoms with Crippen molar-refractivity contribution in [1.82, 2.24) is 4.90 Å². The first-order valence-corrected chi connectivity index (χ1v) is 7.99. The van der Waals surface area contributed by atoms with Gasteiger partial charge in [0.2, 0.25) is 0 Å². The predicted molar refractivity (Wildman–Crippen MR) is 76.1 cm³/mol. The van der Waals surface area contributed by atoms with Crippen LogP contribution in [0.2, 0.25) is 0 Å². The Morgan fingerprint density at radius 3 is 2.56 bits per heavy atom. The summed E-state index contributed by atoms with van der Waals surface area (Å²) in [6.45, 7) is 3.19. The molecule has 5 heteroatoms. The largest absolute Gasteiger partial charge is 0.398 e. The van der Waals surface area contributed by atoms with Gasteiger partial charge in [0.1, 0.15) is 9.84 Å². The highest BCUT2D eigenvalue weighted by atomic mass is 32.2. The van der Waals surface area contributed by atoms with E-state index in [0.717, 1.165) is 24.3 Å². The first kappa shape index (κ1) is 15.0. The zero-order valence-corrected chi connectivity index (χ0v) is 11.9. The standard InChI is InChI=1S/C13H22N2O2S/c1-3-18(16,17)10-6-9-15(2)11-12-7-4-5-8-13(12)14/h4-5,7-8H,3,6,9-11,14H2,1-2H3. The van der Waals surface area contributed by atoms with Crippen LogP contribution >= 0.6 is 0 Å². The van der Waals surface area contributed by atoms with Gasteiger partial charge in [-0.1, -0.05) is 25.1 Å². The van der Waals surface area contributed by atoms with Gasteiger partial charge < -0.3 is 10.6 Å². The van der Waals surface area contributed by atoms with Gasteiger partial charge in [0.15, 0.2) is 0 Å². The molecule has 0 fully saturated rings. The lowest BCUT2D eigenvalue weighted by Gasteiger charge is -2.17. The van der Waals surface area contributed by atoms with E-state index in [-0.39, 0.29) is 11.5 Å². The van der Waals surface area contributed by atoms with Gasteiger partial charge >= 0.3 is 0 Å². The van der Waals surface area contributed by atoms with E-state index in [1.54, 1.807) is 6.92 Å². The van der Waals surface area contributed by atoms with Crippen LogP contribution in [-0.4, -0.2) is 38.4 Å². The van der Waals surface area contributed by atoms with E-state index < -0.39 is 9.84 Å². The molecule has 0 amide bonds. The predicted octanol–water partition coefficient (Wildman–Crippen LogP) is 1.53. The van der Waals surface area contributed by atoms with Crippen LogP contribution in [0.5, 0.6) is 0 Å². The van der Waals surface area contributed by atoms with Gasteiger partial charge in [0.25, 0.3) is 0 Å². The Bertz CT molecular complexity index is 472. The molecule has 1 rings (SSSR count). The normalized spacial score (nSPS) is 11.9. The van der Waals surface area contributed by atoms with Crippen LogP contribution in [0.25, 0.3) is 0 Å². The number of nitrogen functional groups attached to an aromatic ring is 1. The second-order valence-corrected chi connectivity index (χ2v) is 7.00. The van der Waals surface area contributed by atoms with Gasteiger partial charge in [-0.2, -0.15) is 0 Å². The minimum atomic E-state index is -2.85. The first-order chi connectivity index (χ1) is 8.44. The molecule has 0 atom stereocenters. The molecular formula is C13H22N2O2S. The van der Waals surface area contributed by atoms with Crippen LogP contribution in [-0.2, 0) is 16.4 Å². The van der Waals surface area contributed by atoms with Crippen molar-refractivity contribution in [2.24, 2.45) is 0 Å². The smallest absolute Gasteiger partial charge is 0.150 e. The maximum atomic E-state index is 11.4. The van der Waals surface area contributed by atoms with E-state index in [2.05, 4.69) is 4.90 Å². The van der Waals surface area contributed by atoms with Crippen molar-refractivity contribution in [2.75, 3.05) is 30.8 Å². The molecule has 18 heavy (non-hydrogen) atoms. The molecule has 0 saturated heterocycles. The van der Waals surface area contributed by atoms with Crippen molar-refractivity contribution in [2.45, 2.75) is 19.9 Å². The molecular weight excluding hydrogens is 248 g/mol. The molecule has 0 saturated carbocycles. The molecule has 0 heterocycles. The number of anilines is 1. The molecule has 2 N–H and O–H groups in total. The summed E-state index contributed by atoms with van der Waals surface area (Å²) in [5.41, 5.74) is 7.73. The molecule has 102 valence electrons. The van der Waals surface area contributed by atoms with E-state index in [0.29, 0.717) is 6.42 Å². The molecule has 4 nitrogen and oxygen atoms in total. The number of benzene rings is 1. The van der Waals surface area contributed by atoms with Crippen molar-refractivity contribution < 1.29 is 8.42 Å². The Morgan fingerprint density at radius 1 is 1.28 bits per heavy atom. The van der Waals surface area contributed by atoms with Crippen LogP contribution in [0, 0.1) is 0 Å². The second-order valence-electron chi connectivity index (χ2n) is 4.53. The van der Waals surface area contributed by atoms with E-state index in [9.17, 15) is 8.42 Å². The van der Waals surface area contributed by atoms with Gasteiger partial charge in [-0.05, 0) is 31.6 Å². The summed E-state index contributed by atoms with van der Waals surface area (Å²) in [4.78, 5) is 2.09. The summed E-state index contributed by atoms with van der Waals surface area (Å²) >= 11 is 0. The van der Waals surface area contributed by atoms with Crippen LogP contribution < -0.4 is 5.73 Å². The molecule has 0 aliphatic heterocycles. The number of hydrogen-bond donors (Lipinski definition) is 1. The summed E-state index contributed by atoms with van der Waals surface area (Å²) in [5.74, 6) is 0.487. The van der Waals surface area contributed by atoms with Crippen LogP contribution in [0.15, 0.2) is 24.3 Å². The fraction of sp³-hybridized carbons (Fsp3) is 0.538. The first-order valence-electron chi connectivity index (χ1n) is 6.17. The highest BCUT2D eigenvalue weighted by molar-refractivity contribution is 7.91. The van der Waals surface area contributed by atoms with Gasteiger partial charge in [0, 0.05) is 18.0 Å². The molecule has 0 aromatic heterocycles. The lowest BCUT2D eigenvalue weighted by Crippen LogP contribution is -2.22. The van der Waals surface area contributed by atoms with Gasteiger partial charge in [-0.3, -0.25) is 0 Å². The summed E-state index contributed by atoms with van der Waals surface area (Å²) in [6, 6.07) is 7.74. The summed E-state index contributed by atoms with van der Waals surface area (Å²) < 4.78 is 22.7. The molecule has 0 spiro atoms. The van der Waals surface area contributed by atoms with Gasteiger partial charge in [-0.15, -0.1) is 0 Å². The monoisotopic (exact) mass is 270 g/mol. The van der Waals surface area contributed by atoms with Crippen molar-refractivity contribution in [3.05, 3.63) is 29.8 Å². The lowest BCUT2D eigenvalue weighted by molar-refractivity contribution is 0.328. The van der Waals surface area contributed by atoms with E-state index in [1.165, 1.54) is 0 Å². The zero-order chi connectivity index (χ0) is 13.6. The van der Waals surface area contributed by atoms with Crippen LogP contribution in [0.1, 0.15) is 18.9 Å². The molecule has 0 bridgehead atoms. The van der Waals surface area contributed by atoms with Gasteiger partial charge in [0.05, 0.1) is 5.75 Å². The summed E-state index contributed by atoms with van der Waals surface area (Å²) in [7, 11) is -0.870. The maximum Gasteiger partial charge on any atom is 0.150 e. The van der Waals surface area contributed by atoms with Crippen LogP contribution in [0.4, 0.5) is 5.69 Å². The minimum Gasteiger partial charge on any atom is -0.398 e. The van der Waals surface area contributed by atoms with Crippen molar-refractivity contribution in [3.63, 3.8) is 0 Å². The molecule has 1 aromatic carbocycles. The molecule has 1 aromatic rings. The Labute approximate surface area is 110 Å². The molecule has 0 unspecified atom stereocenters. The average molecular weight is 270 g/mol. The lowest BCUT2D eigenvalue weighted by atomic mass is 10.2. The molecule has 0 aliphatic carbocycles. The Hall–Kier alpha value is -1.07. The van der Waals surface area contributed by atoms with Gasteiger partial charge in [-0.25, -0.2) is 8.42 Å². The molecule has 0 aliphatic rings. The number of para-hydroxylation sites is 1. The number of hydrogen-bond acceptors (Lipinski definition) is 4. The third-order valence-electron chi connectivity index (χ3n) is 2.93. The summed E-state index contributed by atoms with van der Waals surface area (Å²) in [6.07, 6.45) is 0.666. The second kappa shape index (κ2) is 6.75. The Morgan fingerprint density at radius 2 is 1.94 bits per heavy atom. The zero-order valence-electron chi connectivity index (χ0n) is 11.1. The van der Waals surface area contributed by atoms with E-state index in [4.69, 9.17) is 5.73 Å². The van der Waals surface area contributed by atoms with Crippen molar-refractivity contribution >= 4 is 15.5 Å². The topological polar surface area (TPSA) is 63.4 Å². The number of nitrogens with zero attached hydrogens (tertiary/aromatic N) is 1. The Balaban J connectivity index is 2.39. The summed E-state index contributed by atoms with van der Waals surface area (Å²) in [5, 5.41) is 0. The maximum absolute atomic E-state index is 11.4. The van der Waals surface area contributed by atoms with Crippen molar-refractivity contribution in [1.29, 1.82) is 0 Å². The fourth-order valence-electron chi connectivity index (χ4n) is 1.75. The SMILES string of the molecule is CCS(=O)(=O)CCCN(C)Cc1ccccc1N. The third-order valence-corrected chi connectivity index (χ3v) is 4.72. The highest BCUT2D eigenvalue weighted by Crippen LogP contribution is 2.12. The minimum absolute atomic E-state index is 0.225. The van der Waals surface area contributed by atoms with E-state index in [1.807, 2.05) is 31.3 Å². The highest BCUT2D eigenvalue weighted by Gasteiger charge is 2.08. The average Bonchev–Trinajstić information content (AvgIpc) is 2.32. The Kier molecular flexibility index (Phi) is 5.62. The number of nitrogens with two attached hydrogens (primary N) is 1.